The molecular formula is C14H22Cl2F6OS. The third-order valence-electron chi connectivity index (χ3n) is 3.39. The van der Waals surface area contributed by atoms with E-state index in [-0.39, 0.29) is 24.6 Å². The van der Waals surface area contributed by atoms with Crippen LogP contribution >= 0.6 is 23.2 Å². The molecule has 0 spiro atoms. The summed E-state index contributed by atoms with van der Waals surface area (Å²) < 4.78 is 88.5. The molecule has 2 atom stereocenters. The first-order chi connectivity index (χ1) is 11.0. The van der Waals surface area contributed by atoms with E-state index in [0.29, 0.717) is 25.7 Å². The van der Waals surface area contributed by atoms with Gasteiger partial charge in [-0.2, -0.15) is 26.3 Å². The van der Waals surface area contributed by atoms with E-state index in [9.17, 15) is 30.6 Å². The van der Waals surface area contributed by atoms with Gasteiger partial charge in [0.15, 0.2) is 0 Å². The van der Waals surface area contributed by atoms with Gasteiger partial charge in [0.25, 0.3) is 0 Å². The minimum absolute atomic E-state index is 0.0529. The summed E-state index contributed by atoms with van der Waals surface area (Å²) in [4.78, 5) is 0. The molecular weight excluding hydrogens is 401 g/mol. The number of hydrogen-bond donors (Lipinski definition) is 0. The van der Waals surface area contributed by atoms with Crippen molar-refractivity contribution in [2.24, 2.45) is 0 Å². The molecule has 0 radical (unpaired) electrons. The van der Waals surface area contributed by atoms with Gasteiger partial charge in [-0.1, -0.05) is 12.8 Å². The summed E-state index contributed by atoms with van der Waals surface area (Å²) in [5, 5.41) is -2.67. The lowest BCUT2D eigenvalue weighted by Gasteiger charge is -2.25. The van der Waals surface area contributed by atoms with Gasteiger partial charge in [-0.3, -0.25) is 4.21 Å². The lowest BCUT2D eigenvalue weighted by molar-refractivity contribution is -0.135. The van der Waals surface area contributed by atoms with Gasteiger partial charge in [0.05, 0.1) is 12.8 Å². The molecule has 0 fully saturated rings. The number of rotatable bonds is 12. The topological polar surface area (TPSA) is 17.1 Å². The molecule has 0 saturated carbocycles. The van der Waals surface area contributed by atoms with E-state index >= 15 is 0 Å². The Morgan fingerprint density at radius 3 is 1.29 bits per heavy atom. The maximum absolute atomic E-state index is 12.7. The van der Waals surface area contributed by atoms with Crippen LogP contribution in [0.15, 0.2) is 0 Å². The van der Waals surface area contributed by atoms with Crippen LogP contribution in [0.2, 0.25) is 0 Å². The predicted molar refractivity (Wildman–Crippen MR) is 86.2 cm³/mol. The van der Waals surface area contributed by atoms with Crippen molar-refractivity contribution in [2.45, 2.75) is 74.2 Å². The summed E-state index contributed by atoms with van der Waals surface area (Å²) in [5.74, 6) is 0.486. The summed E-state index contributed by atoms with van der Waals surface area (Å²) in [6, 6.07) is 0. The average Bonchev–Trinajstić information content (AvgIpc) is 2.42. The molecule has 1 nitrogen and oxygen atoms in total. The summed E-state index contributed by atoms with van der Waals surface area (Å²) in [7, 11) is -2.22. The van der Waals surface area contributed by atoms with Gasteiger partial charge in [0.1, 0.15) is 0 Å². The van der Waals surface area contributed by atoms with Crippen molar-refractivity contribution in [1.29, 1.82) is 0 Å². The predicted octanol–water partition coefficient (Wildman–Crippen LogP) is 6.20. The Morgan fingerprint density at radius 1 is 0.708 bits per heavy atom. The van der Waals surface area contributed by atoms with E-state index in [1.165, 1.54) is 0 Å². The van der Waals surface area contributed by atoms with E-state index in [0.717, 1.165) is 0 Å². The lowest BCUT2D eigenvalue weighted by atomic mass is 10.1. The minimum atomic E-state index is -4.57. The zero-order valence-corrected chi connectivity index (χ0v) is 15.4. The van der Waals surface area contributed by atoms with Gasteiger partial charge < -0.3 is 0 Å². The number of unbranched alkanes of at least 4 members (excludes halogenated alkanes) is 2. The van der Waals surface area contributed by atoms with Crippen molar-refractivity contribution >= 4 is 34.0 Å². The van der Waals surface area contributed by atoms with Gasteiger partial charge in [-0.25, -0.2) is 0 Å². The fourth-order valence-corrected chi connectivity index (χ4v) is 4.75. The Kier molecular flexibility index (Phi) is 12.0. The van der Waals surface area contributed by atoms with Crippen molar-refractivity contribution < 1.29 is 30.6 Å². The van der Waals surface area contributed by atoms with Crippen LogP contribution in [-0.2, 0) is 10.8 Å². The first kappa shape index (κ1) is 24.3. The Balaban J connectivity index is 5.06. The van der Waals surface area contributed by atoms with Crippen LogP contribution in [0.4, 0.5) is 26.3 Å². The summed E-state index contributed by atoms with van der Waals surface area (Å²) >= 11 is 10.9. The SMILES string of the molecule is O=S(C(CCCCCl)CC(F)(F)F)C(CCCCCl)CC(F)(F)F. The summed E-state index contributed by atoms with van der Waals surface area (Å²) in [6.07, 6.45) is -10.5. The molecule has 10 heteroatoms. The molecule has 0 bridgehead atoms. The molecule has 2 unspecified atom stereocenters. The van der Waals surface area contributed by atoms with Crippen LogP contribution in [0.25, 0.3) is 0 Å². The Morgan fingerprint density at radius 2 is 1.04 bits per heavy atom. The van der Waals surface area contributed by atoms with Crippen LogP contribution < -0.4 is 0 Å². The van der Waals surface area contributed by atoms with Crippen molar-refractivity contribution in [3.8, 4) is 0 Å². The van der Waals surface area contributed by atoms with Gasteiger partial charge in [0, 0.05) is 33.1 Å². The van der Waals surface area contributed by atoms with Crippen LogP contribution in [-0.4, -0.2) is 38.8 Å². The molecule has 24 heavy (non-hydrogen) atoms. The molecule has 0 aromatic heterocycles. The molecule has 0 aromatic rings. The van der Waals surface area contributed by atoms with Crippen LogP contribution in [0, 0.1) is 0 Å². The molecule has 0 aliphatic rings. The highest BCUT2D eigenvalue weighted by Gasteiger charge is 2.40. The largest absolute Gasteiger partial charge is 0.390 e. The van der Waals surface area contributed by atoms with E-state index in [1.807, 2.05) is 0 Å². The number of hydrogen-bond acceptors (Lipinski definition) is 1. The monoisotopic (exact) mass is 422 g/mol. The van der Waals surface area contributed by atoms with Crippen molar-refractivity contribution in [3.63, 3.8) is 0 Å². The second-order valence-corrected chi connectivity index (χ2v) is 8.33. The molecule has 0 saturated heterocycles. The molecule has 0 aliphatic carbocycles. The highest BCUT2D eigenvalue weighted by Crippen LogP contribution is 2.33. The summed E-state index contributed by atoms with van der Waals surface area (Å²) in [6.45, 7) is 0. The van der Waals surface area contributed by atoms with Crippen LogP contribution in [0.1, 0.15) is 51.4 Å². The third kappa shape index (κ3) is 12.6. The average molecular weight is 423 g/mol. The third-order valence-corrected chi connectivity index (χ3v) is 6.05. The fraction of sp³-hybridized carbons (Fsp3) is 1.00. The van der Waals surface area contributed by atoms with E-state index in [4.69, 9.17) is 23.2 Å². The highest BCUT2D eigenvalue weighted by molar-refractivity contribution is 7.86. The smallest absolute Gasteiger partial charge is 0.259 e. The van der Waals surface area contributed by atoms with E-state index < -0.39 is 46.5 Å². The summed E-state index contributed by atoms with van der Waals surface area (Å²) in [5.41, 5.74) is 0. The normalized spacial score (nSPS) is 16.8. The van der Waals surface area contributed by atoms with Crippen LogP contribution in [0.5, 0.6) is 0 Å². The molecule has 0 aliphatic heterocycles. The van der Waals surface area contributed by atoms with E-state index in [2.05, 4.69) is 0 Å². The Hall–Kier alpha value is 0.310. The highest BCUT2D eigenvalue weighted by atomic mass is 35.5. The van der Waals surface area contributed by atoms with Crippen LogP contribution in [0.3, 0.4) is 0 Å². The number of halogens is 8. The molecule has 146 valence electrons. The number of alkyl halides is 8. The van der Waals surface area contributed by atoms with Gasteiger partial charge >= 0.3 is 12.4 Å². The first-order valence-electron chi connectivity index (χ1n) is 7.65. The molecule has 0 aromatic carbocycles. The second-order valence-electron chi connectivity index (χ2n) is 5.58. The van der Waals surface area contributed by atoms with Gasteiger partial charge in [0.2, 0.25) is 0 Å². The standard InChI is InChI=1S/C14H22Cl2F6OS/c15-7-3-1-5-11(9-13(17,18)19)24(23)12(6-2-4-8-16)10-14(20,21)22/h11-12H,1-10H2. The zero-order valence-electron chi connectivity index (χ0n) is 13.1. The first-order valence-corrected chi connectivity index (χ1v) is 9.99. The van der Waals surface area contributed by atoms with Crippen molar-refractivity contribution in [1.82, 2.24) is 0 Å². The Labute approximate surface area is 150 Å². The maximum atomic E-state index is 12.7. The van der Waals surface area contributed by atoms with Gasteiger partial charge in [-0.15, -0.1) is 23.2 Å². The molecule has 0 rings (SSSR count). The van der Waals surface area contributed by atoms with Gasteiger partial charge in [-0.05, 0) is 25.7 Å². The van der Waals surface area contributed by atoms with Crippen molar-refractivity contribution in [3.05, 3.63) is 0 Å². The minimum Gasteiger partial charge on any atom is -0.259 e. The van der Waals surface area contributed by atoms with E-state index in [1.54, 1.807) is 0 Å². The molecule has 0 amide bonds. The fourth-order valence-electron chi connectivity index (χ4n) is 2.32. The lowest BCUT2D eigenvalue weighted by Crippen LogP contribution is -2.33. The second kappa shape index (κ2) is 11.8. The quantitative estimate of drug-likeness (QED) is 0.208. The Bertz CT molecular complexity index is 330. The molecule has 0 N–H and O–H groups in total. The van der Waals surface area contributed by atoms with Crippen molar-refractivity contribution in [2.75, 3.05) is 11.8 Å². The maximum Gasteiger partial charge on any atom is 0.390 e. The zero-order chi connectivity index (χ0) is 18.8. The molecule has 0 heterocycles.